The number of ketones is 1. The Morgan fingerprint density at radius 3 is 2.48 bits per heavy atom. The summed E-state index contributed by atoms with van der Waals surface area (Å²) >= 11 is 6.20. The van der Waals surface area contributed by atoms with Gasteiger partial charge in [0, 0.05) is 13.2 Å². The van der Waals surface area contributed by atoms with Gasteiger partial charge in [0.15, 0.2) is 0 Å². The topological polar surface area (TPSA) is 47.4 Å². The average Bonchev–Trinajstić information content (AvgIpc) is 2.83. The average molecular weight is 316 g/mol. The number of Topliss-reactive ketones (excluding diaryl/α,β-unsaturated/α-hetero) is 1. The molecule has 120 valence electrons. The van der Waals surface area contributed by atoms with Crippen molar-refractivity contribution in [2.45, 2.75) is 45.8 Å². The van der Waals surface area contributed by atoms with Crippen molar-refractivity contribution in [3.63, 3.8) is 0 Å². The largest absolute Gasteiger partial charge is 0.367 e. The molecule has 1 heterocycles. The lowest BCUT2D eigenvalue weighted by Gasteiger charge is -2.30. The second kappa shape index (κ2) is 7.92. The minimum absolute atomic E-state index is 0.0735. The van der Waals surface area contributed by atoms with E-state index in [-0.39, 0.29) is 5.78 Å². The van der Waals surface area contributed by atoms with Crippen LogP contribution in [0.4, 0.5) is 0 Å². The minimum atomic E-state index is -0.811. The standard InChI is InChI=1S/C15H26ClN3O2/c1-6-15(7-2,21-8-3)14(20)13-12(16)11-17-19(13)10-9-18(4)5/h11H,6-10H2,1-5H3. The molecule has 0 fully saturated rings. The van der Waals surface area contributed by atoms with Crippen molar-refractivity contribution in [2.24, 2.45) is 0 Å². The zero-order valence-corrected chi connectivity index (χ0v) is 14.4. The van der Waals surface area contributed by atoms with Crippen LogP contribution in [0.2, 0.25) is 5.02 Å². The van der Waals surface area contributed by atoms with E-state index in [1.54, 1.807) is 4.68 Å². The summed E-state index contributed by atoms with van der Waals surface area (Å²) in [4.78, 5) is 15.0. The molecule has 1 rings (SSSR count). The minimum Gasteiger partial charge on any atom is -0.367 e. The molecule has 5 nitrogen and oxygen atoms in total. The molecule has 0 aliphatic heterocycles. The molecule has 0 aromatic carbocycles. The first-order valence-electron chi connectivity index (χ1n) is 7.46. The van der Waals surface area contributed by atoms with Gasteiger partial charge in [0.05, 0.1) is 17.8 Å². The maximum absolute atomic E-state index is 13.0. The number of hydrogen-bond donors (Lipinski definition) is 0. The molecule has 1 aromatic rings. The quantitative estimate of drug-likeness (QED) is 0.657. The molecule has 0 N–H and O–H groups in total. The van der Waals surface area contributed by atoms with E-state index in [1.807, 2.05) is 39.8 Å². The molecule has 0 atom stereocenters. The number of ether oxygens (including phenoxy) is 1. The molecule has 0 unspecified atom stereocenters. The molecular formula is C15H26ClN3O2. The third-order valence-corrected chi connectivity index (χ3v) is 4.02. The lowest BCUT2D eigenvalue weighted by molar-refractivity contribution is -0.0257. The molecule has 0 aliphatic carbocycles. The van der Waals surface area contributed by atoms with Gasteiger partial charge in [0.1, 0.15) is 11.3 Å². The summed E-state index contributed by atoms with van der Waals surface area (Å²) in [6, 6.07) is 0. The van der Waals surface area contributed by atoms with E-state index in [9.17, 15) is 4.79 Å². The SMILES string of the molecule is CCOC(CC)(CC)C(=O)c1c(Cl)cnn1CCN(C)C. The zero-order chi connectivity index (χ0) is 16.0. The van der Waals surface area contributed by atoms with Crippen molar-refractivity contribution in [1.29, 1.82) is 0 Å². The molecule has 21 heavy (non-hydrogen) atoms. The second-order valence-electron chi connectivity index (χ2n) is 5.33. The van der Waals surface area contributed by atoms with Crippen LogP contribution >= 0.6 is 11.6 Å². The van der Waals surface area contributed by atoms with Gasteiger partial charge in [-0.15, -0.1) is 0 Å². The zero-order valence-electron chi connectivity index (χ0n) is 13.6. The van der Waals surface area contributed by atoms with Crippen molar-refractivity contribution < 1.29 is 9.53 Å². The molecule has 0 bridgehead atoms. The fraction of sp³-hybridized carbons (Fsp3) is 0.733. The van der Waals surface area contributed by atoms with Gasteiger partial charge in [0.25, 0.3) is 0 Å². The summed E-state index contributed by atoms with van der Waals surface area (Å²) in [5, 5.41) is 4.63. The Morgan fingerprint density at radius 2 is 2.00 bits per heavy atom. The molecule has 0 radical (unpaired) electrons. The predicted molar refractivity (Wildman–Crippen MR) is 85.1 cm³/mol. The third-order valence-electron chi connectivity index (χ3n) is 3.75. The number of likely N-dealkylation sites (N-methyl/N-ethyl adjacent to an activating group) is 1. The normalized spacial score (nSPS) is 12.1. The van der Waals surface area contributed by atoms with Crippen LogP contribution in [0, 0.1) is 0 Å². The highest BCUT2D eigenvalue weighted by Crippen LogP contribution is 2.29. The van der Waals surface area contributed by atoms with Gasteiger partial charge < -0.3 is 9.64 Å². The fourth-order valence-corrected chi connectivity index (χ4v) is 2.61. The second-order valence-corrected chi connectivity index (χ2v) is 5.74. The third kappa shape index (κ3) is 4.05. The van der Waals surface area contributed by atoms with Gasteiger partial charge >= 0.3 is 0 Å². The highest BCUT2D eigenvalue weighted by molar-refractivity contribution is 6.34. The molecule has 1 aromatic heterocycles. The molecular weight excluding hydrogens is 290 g/mol. The first-order chi connectivity index (χ1) is 9.91. The van der Waals surface area contributed by atoms with E-state index >= 15 is 0 Å². The maximum Gasteiger partial charge on any atom is 0.214 e. The molecule has 0 saturated heterocycles. The Labute approximate surface area is 132 Å². The van der Waals surface area contributed by atoms with Crippen molar-refractivity contribution >= 4 is 17.4 Å². The number of halogens is 1. The van der Waals surface area contributed by atoms with E-state index in [1.165, 1.54) is 6.20 Å². The number of hydrogen-bond acceptors (Lipinski definition) is 4. The molecule has 0 aliphatic rings. The van der Waals surface area contributed by atoms with Crippen molar-refractivity contribution in [2.75, 3.05) is 27.2 Å². The summed E-state index contributed by atoms with van der Waals surface area (Å²) in [5.74, 6) is -0.0735. The van der Waals surface area contributed by atoms with Gasteiger partial charge in [-0.25, -0.2) is 0 Å². The first kappa shape index (κ1) is 18.1. The van der Waals surface area contributed by atoms with Crippen LogP contribution in [0.25, 0.3) is 0 Å². The molecule has 0 amide bonds. The van der Waals surface area contributed by atoms with Crippen molar-refractivity contribution in [3.8, 4) is 0 Å². The number of nitrogens with zero attached hydrogens (tertiary/aromatic N) is 3. The van der Waals surface area contributed by atoms with Crippen LogP contribution in [0.1, 0.15) is 44.1 Å². The first-order valence-corrected chi connectivity index (χ1v) is 7.84. The Bertz CT molecular complexity index is 467. The summed E-state index contributed by atoms with van der Waals surface area (Å²) in [7, 11) is 3.96. The van der Waals surface area contributed by atoms with Crippen molar-refractivity contribution in [3.05, 3.63) is 16.9 Å². The smallest absolute Gasteiger partial charge is 0.214 e. The van der Waals surface area contributed by atoms with Gasteiger partial charge in [-0.1, -0.05) is 25.4 Å². The Hall–Kier alpha value is -0.910. The highest BCUT2D eigenvalue weighted by Gasteiger charge is 2.39. The summed E-state index contributed by atoms with van der Waals surface area (Å²) in [6.07, 6.45) is 2.77. The Kier molecular flexibility index (Phi) is 6.84. The van der Waals surface area contributed by atoms with E-state index in [4.69, 9.17) is 16.3 Å². The van der Waals surface area contributed by atoms with Crippen LogP contribution in [-0.4, -0.2) is 53.3 Å². The summed E-state index contributed by atoms with van der Waals surface area (Å²) in [6.45, 7) is 7.74. The fourth-order valence-electron chi connectivity index (χ4n) is 2.39. The van der Waals surface area contributed by atoms with Gasteiger partial charge in [-0.05, 0) is 33.9 Å². The maximum atomic E-state index is 13.0. The van der Waals surface area contributed by atoms with Crippen LogP contribution < -0.4 is 0 Å². The number of aromatic nitrogens is 2. The van der Waals surface area contributed by atoms with E-state index in [2.05, 4.69) is 5.10 Å². The van der Waals surface area contributed by atoms with Crippen LogP contribution in [-0.2, 0) is 11.3 Å². The highest BCUT2D eigenvalue weighted by atomic mass is 35.5. The van der Waals surface area contributed by atoms with Gasteiger partial charge in [-0.2, -0.15) is 5.10 Å². The van der Waals surface area contributed by atoms with Gasteiger partial charge in [-0.3, -0.25) is 9.48 Å². The number of carbonyl (C=O) groups excluding carboxylic acids is 1. The predicted octanol–water partition coefficient (Wildman–Crippen LogP) is 2.88. The van der Waals surface area contributed by atoms with Crippen LogP contribution in [0.3, 0.4) is 0 Å². The summed E-state index contributed by atoms with van der Waals surface area (Å²) < 4.78 is 7.47. The Balaban J connectivity index is 3.12. The van der Waals surface area contributed by atoms with E-state index < -0.39 is 5.60 Å². The van der Waals surface area contributed by atoms with Crippen LogP contribution in [0.5, 0.6) is 0 Å². The monoisotopic (exact) mass is 315 g/mol. The van der Waals surface area contributed by atoms with E-state index in [0.717, 1.165) is 6.54 Å². The lowest BCUT2D eigenvalue weighted by Crippen LogP contribution is -2.42. The van der Waals surface area contributed by atoms with Crippen molar-refractivity contribution in [1.82, 2.24) is 14.7 Å². The van der Waals surface area contributed by atoms with E-state index in [0.29, 0.717) is 36.7 Å². The summed E-state index contributed by atoms with van der Waals surface area (Å²) in [5.41, 5.74) is -0.357. The number of carbonyl (C=O) groups is 1. The molecule has 6 heteroatoms. The lowest BCUT2D eigenvalue weighted by atomic mass is 9.89. The van der Waals surface area contributed by atoms with Crippen LogP contribution in [0.15, 0.2) is 6.20 Å². The number of rotatable bonds is 9. The van der Waals surface area contributed by atoms with Gasteiger partial charge in [0.2, 0.25) is 5.78 Å². The molecule has 0 spiro atoms. The Morgan fingerprint density at radius 1 is 1.38 bits per heavy atom. The molecule has 0 saturated carbocycles.